The first-order chi connectivity index (χ1) is 17.6. The minimum Gasteiger partial charge on any atom is -0.467 e. The van der Waals surface area contributed by atoms with Crippen molar-refractivity contribution in [1.29, 1.82) is 0 Å². The zero-order valence-corrected chi connectivity index (χ0v) is 19.9. The third-order valence-corrected chi connectivity index (χ3v) is 6.25. The summed E-state index contributed by atoms with van der Waals surface area (Å²) in [7, 11) is 1.30. The van der Waals surface area contributed by atoms with Gasteiger partial charge in [-0.05, 0) is 34.1 Å². The molecule has 5 rings (SSSR count). The van der Waals surface area contributed by atoms with Crippen LogP contribution in [0.5, 0.6) is 0 Å². The summed E-state index contributed by atoms with van der Waals surface area (Å²) >= 11 is 0. The first-order valence-corrected chi connectivity index (χ1v) is 11.8. The van der Waals surface area contributed by atoms with Crippen LogP contribution in [0.25, 0.3) is 10.8 Å². The van der Waals surface area contributed by atoms with Crippen molar-refractivity contribution in [3.05, 3.63) is 102 Å². The van der Waals surface area contributed by atoms with Crippen molar-refractivity contribution in [3.63, 3.8) is 0 Å². The molecule has 3 N–H and O–H groups in total. The van der Waals surface area contributed by atoms with Gasteiger partial charge in [0.25, 0.3) is 0 Å². The Morgan fingerprint density at radius 1 is 0.833 bits per heavy atom. The maximum Gasteiger partial charge on any atom is 0.408 e. The minimum atomic E-state index is -0.862. The van der Waals surface area contributed by atoms with E-state index < -0.39 is 18.1 Å². The van der Waals surface area contributed by atoms with Crippen molar-refractivity contribution in [3.8, 4) is 0 Å². The molecule has 0 fully saturated rings. The average molecular weight is 479 g/mol. The average Bonchev–Trinajstić information content (AvgIpc) is 2.92. The van der Waals surface area contributed by atoms with E-state index in [4.69, 9.17) is 9.47 Å². The fourth-order valence-electron chi connectivity index (χ4n) is 4.42. The monoisotopic (exact) mass is 478 g/mol. The van der Waals surface area contributed by atoms with Crippen molar-refractivity contribution in [2.75, 3.05) is 17.6 Å². The summed E-state index contributed by atoms with van der Waals surface area (Å²) in [4.78, 5) is 24.7. The normalized spacial score (nSPS) is 12.8. The molecule has 0 saturated heterocycles. The van der Waals surface area contributed by atoms with Gasteiger partial charge in [-0.1, -0.05) is 78.9 Å². The van der Waals surface area contributed by atoms with E-state index in [0.717, 1.165) is 28.0 Å². The molecule has 0 aliphatic carbocycles. The largest absolute Gasteiger partial charge is 0.467 e. The highest BCUT2D eigenvalue weighted by atomic mass is 16.6. The molecular formula is C28H26BN3O4. The highest BCUT2D eigenvalue weighted by Gasteiger charge is 2.26. The molecule has 180 valence electrons. The summed E-state index contributed by atoms with van der Waals surface area (Å²) in [6.45, 7) is 0.0232. The summed E-state index contributed by atoms with van der Waals surface area (Å²) in [5.41, 5.74) is 4.97. The summed E-state index contributed by atoms with van der Waals surface area (Å²) < 4.78 is 10.2. The number of hydrogen-bond acceptors (Lipinski definition) is 6. The predicted octanol–water partition coefficient (Wildman–Crippen LogP) is 4.08. The molecule has 7 nitrogen and oxygen atoms in total. The molecule has 1 heterocycles. The zero-order valence-electron chi connectivity index (χ0n) is 19.9. The molecule has 0 radical (unpaired) electrons. The maximum atomic E-state index is 12.3. The first kappa shape index (κ1) is 23.3. The Labute approximate surface area is 209 Å². The lowest BCUT2D eigenvalue weighted by Gasteiger charge is -2.27. The van der Waals surface area contributed by atoms with Crippen LogP contribution in [-0.2, 0) is 27.3 Å². The van der Waals surface area contributed by atoms with Crippen LogP contribution in [0, 0.1) is 0 Å². The number of anilines is 2. The van der Waals surface area contributed by atoms with Gasteiger partial charge in [0, 0.05) is 23.2 Å². The molecule has 4 aromatic carbocycles. The Balaban J connectivity index is 1.24. The van der Waals surface area contributed by atoms with Gasteiger partial charge in [0.2, 0.25) is 0 Å². The smallest absolute Gasteiger partial charge is 0.408 e. The molecular weight excluding hydrogens is 452 g/mol. The van der Waals surface area contributed by atoms with Gasteiger partial charge in [-0.3, -0.25) is 0 Å². The lowest BCUT2D eigenvalue weighted by Crippen LogP contribution is -2.47. The summed E-state index contributed by atoms with van der Waals surface area (Å²) in [5.74, 6) is -0.531. The second-order valence-electron chi connectivity index (χ2n) is 8.66. The Morgan fingerprint density at radius 2 is 1.50 bits per heavy atom. The number of rotatable bonds is 7. The summed E-state index contributed by atoms with van der Waals surface area (Å²) in [6.07, 6.45) is -0.393. The van der Waals surface area contributed by atoms with E-state index >= 15 is 0 Å². The number of hydrogen-bond donors (Lipinski definition) is 3. The third kappa shape index (κ3) is 5.12. The van der Waals surface area contributed by atoms with E-state index in [1.54, 1.807) is 0 Å². The number of ether oxygens (including phenoxy) is 2. The van der Waals surface area contributed by atoms with Crippen LogP contribution in [0.15, 0.2) is 91.0 Å². The highest BCUT2D eigenvalue weighted by molar-refractivity contribution is 6.80. The summed E-state index contributed by atoms with van der Waals surface area (Å²) in [6, 6.07) is 28.9. The molecule has 1 aliphatic heterocycles. The number of alkyl carbamates (subject to hydrolysis) is 1. The molecule has 1 aliphatic rings. The number of nitrogens with one attached hydrogen (secondary N) is 3. The topological polar surface area (TPSA) is 88.7 Å². The van der Waals surface area contributed by atoms with Crippen LogP contribution in [-0.4, -0.2) is 32.2 Å². The fraction of sp³-hybridized carbons (Fsp3) is 0.143. The molecule has 0 bridgehead atoms. The molecule has 0 aromatic heterocycles. The second kappa shape index (κ2) is 10.4. The van der Waals surface area contributed by atoms with E-state index in [0.29, 0.717) is 0 Å². The molecule has 4 aromatic rings. The fourth-order valence-corrected chi connectivity index (χ4v) is 4.42. The number of esters is 1. The van der Waals surface area contributed by atoms with Gasteiger partial charge in [0.05, 0.1) is 7.11 Å². The number of methoxy groups -OCH3 is 1. The molecule has 0 spiro atoms. The SMILES string of the molecule is COC(=O)[C@H](Cc1ccc([10B]2Nc3cccc4cccc(c34)N2)cc1)NC(=O)OCc1ccccc1. The quantitative estimate of drug-likeness (QED) is 0.274. The standard InChI is InChI=1S/C28H26BN3O4/c1-35-27(33)25(30-28(34)36-18-20-7-3-2-4-8-20)17-19-13-15-22(16-14-19)29-31-23-11-5-9-21-10-6-12-24(32-29)26(21)23/h2-16,25,31-32H,17-18H2,1H3,(H,30,34)/t25-/m0/s1/i29-1. The van der Waals surface area contributed by atoms with Gasteiger partial charge in [-0.25, -0.2) is 9.59 Å². The highest BCUT2D eigenvalue weighted by Crippen LogP contribution is 2.33. The van der Waals surface area contributed by atoms with E-state index in [-0.39, 0.29) is 20.0 Å². The van der Waals surface area contributed by atoms with Gasteiger partial charge < -0.3 is 25.2 Å². The first-order valence-electron chi connectivity index (χ1n) is 11.8. The Morgan fingerprint density at radius 3 is 2.14 bits per heavy atom. The second-order valence-corrected chi connectivity index (χ2v) is 8.66. The van der Waals surface area contributed by atoms with Gasteiger partial charge in [-0.15, -0.1) is 0 Å². The third-order valence-electron chi connectivity index (χ3n) is 6.25. The van der Waals surface area contributed by atoms with E-state index in [2.05, 4.69) is 40.0 Å². The zero-order chi connectivity index (χ0) is 24.9. The predicted molar refractivity (Wildman–Crippen MR) is 142 cm³/mol. The summed E-state index contributed by atoms with van der Waals surface area (Å²) in [5, 5.41) is 12.1. The van der Waals surface area contributed by atoms with Crippen molar-refractivity contribution >= 4 is 46.7 Å². The molecule has 36 heavy (non-hydrogen) atoms. The Kier molecular flexibility index (Phi) is 6.75. The van der Waals surface area contributed by atoms with Crippen LogP contribution in [0.1, 0.15) is 11.1 Å². The van der Waals surface area contributed by atoms with Gasteiger partial charge in [0.1, 0.15) is 12.6 Å². The lowest BCUT2D eigenvalue weighted by atomic mass is 9.14. The van der Waals surface area contributed by atoms with E-state index in [9.17, 15) is 9.59 Å². The van der Waals surface area contributed by atoms with Crippen LogP contribution >= 0.6 is 0 Å². The molecule has 1 atom stereocenters. The Hall–Kier alpha value is -4.46. The number of carbonyl (C=O) groups is 2. The van der Waals surface area contributed by atoms with Crippen LogP contribution in [0.3, 0.4) is 0 Å². The van der Waals surface area contributed by atoms with Crippen molar-refractivity contribution in [1.82, 2.24) is 5.32 Å². The van der Waals surface area contributed by atoms with Crippen molar-refractivity contribution in [2.45, 2.75) is 19.1 Å². The molecule has 1 amide bonds. The molecule has 0 saturated carbocycles. The maximum absolute atomic E-state index is 12.3. The van der Waals surface area contributed by atoms with E-state index in [1.807, 2.05) is 66.7 Å². The number of amides is 1. The minimum absolute atomic E-state index is 0.0953. The van der Waals surface area contributed by atoms with Crippen molar-refractivity contribution in [2.24, 2.45) is 0 Å². The lowest BCUT2D eigenvalue weighted by molar-refractivity contribution is -0.143. The van der Waals surface area contributed by atoms with E-state index in [1.165, 1.54) is 17.9 Å². The van der Waals surface area contributed by atoms with Crippen LogP contribution in [0.2, 0.25) is 0 Å². The number of carbonyl (C=O) groups excluding carboxylic acids is 2. The van der Waals surface area contributed by atoms with Gasteiger partial charge >= 0.3 is 19.0 Å². The molecule has 0 unspecified atom stereocenters. The van der Waals surface area contributed by atoms with Gasteiger partial charge in [0.15, 0.2) is 0 Å². The van der Waals surface area contributed by atoms with Crippen LogP contribution < -0.4 is 21.2 Å². The van der Waals surface area contributed by atoms with Crippen LogP contribution in [0.4, 0.5) is 16.2 Å². The Bertz CT molecular complexity index is 1340. The number of benzene rings is 4. The van der Waals surface area contributed by atoms with Crippen molar-refractivity contribution < 1.29 is 19.1 Å². The molecule has 8 heteroatoms. The van der Waals surface area contributed by atoms with Gasteiger partial charge in [-0.2, -0.15) is 0 Å².